The van der Waals surface area contributed by atoms with Crippen LogP contribution in [-0.2, 0) is 4.79 Å². The molecular formula is C21H25N5O. The SMILES string of the molecule is CC[C@H](C)c1ccccc1NC(=O)[C@@H](C)n1nnc(-c2ccc(C)cc2)n1. The summed E-state index contributed by atoms with van der Waals surface area (Å²) in [6.07, 6.45) is 1.01. The minimum atomic E-state index is -0.568. The second kappa shape index (κ2) is 8.12. The summed E-state index contributed by atoms with van der Waals surface area (Å²) < 4.78 is 0. The third kappa shape index (κ3) is 4.22. The van der Waals surface area contributed by atoms with Crippen molar-refractivity contribution in [3.8, 4) is 11.4 Å². The van der Waals surface area contributed by atoms with Crippen LogP contribution in [0.5, 0.6) is 0 Å². The molecule has 3 rings (SSSR count). The monoisotopic (exact) mass is 363 g/mol. The van der Waals surface area contributed by atoms with E-state index in [1.54, 1.807) is 6.92 Å². The van der Waals surface area contributed by atoms with Gasteiger partial charge >= 0.3 is 0 Å². The first-order valence-electron chi connectivity index (χ1n) is 9.26. The molecule has 2 aromatic carbocycles. The summed E-state index contributed by atoms with van der Waals surface area (Å²) in [4.78, 5) is 14.1. The Morgan fingerprint density at radius 3 is 2.52 bits per heavy atom. The number of carbonyl (C=O) groups is 1. The fourth-order valence-corrected chi connectivity index (χ4v) is 2.81. The molecule has 0 fully saturated rings. The topological polar surface area (TPSA) is 72.7 Å². The number of aromatic nitrogens is 4. The number of hydrogen-bond acceptors (Lipinski definition) is 4. The number of rotatable bonds is 6. The average molecular weight is 363 g/mol. The van der Waals surface area contributed by atoms with E-state index in [2.05, 4.69) is 40.6 Å². The highest BCUT2D eigenvalue weighted by Gasteiger charge is 2.20. The van der Waals surface area contributed by atoms with E-state index in [0.29, 0.717) is 11.7 Å². The number of hydrogen-bond donors (Lipinski definition) is 1. The van der Waals surface area contributed by atoms with E-state index < -0.39 is 6.04 Å². The molecule has 6 nitrogen and oxygen atoms in total. The van der Waals surface area contributed by atoms with Crippen molar-refractivity contribution >= 4 is 11.6 Å². The van der Waals surface area contributed by atoms with Crippen LogP contribution >= 0.6 is 0 Å². The number of tetrazole rings is 1. The lowest BCUT2D eigenvalue weighted by Crippen LogP contribution is -2.26. The summed E-state index contributed by atoms with van der Waals surface area (Å²) >= 11 is 0. The maximum Gasteiger partial charge on any atom is 0.250 e. The summed E-state index contributed by atoms with van der Waals surface area (Å²) in [7, 11) is 0. The first-order valence-corrected chi connectivity index (χ1v) is 9.26. The number of nitrogens with one attached hydrogen (secondary N) is 1. The second-order valence-electron chi connectivity index (χ2n) is 6.86. The van der Waals surface area contributed by atoms with Gasteiger partial charge in [-0.25, -0.2) is 0 Å². The Morgan fingerprint density at radius 2 is 1.81 bits per heavy atom. The molecule has 0 bridgehead atoms. The van der Waals surface area contributed by atoms with E-state index in [-0.39, 0.29) is 5.91 Å². The van der Waals surface area contributed by atoms with Gasteiger partial charge in [-0.3, -0.25) is 4.79 Å². The van der Waals surface area contributed by atoms with Crippen molar-refractivity contribution in [3.05, 3.63) is 59.7 Å². The molecule has 0 aliphatic rings. The largest absolute Gasteiger partial charge is 0.324 e. The van der Waals surface area contributed by atoms with Crippen molar-refractivity contribution in [2.24, 2.45) is 0 Å². The molecule has 1 heterocycles. The third-order valence-electron chi connectivity index (χ3n) is 4.83. The molecule has 1 N–H and O–H groups in total. The van der Waals surface area contributed by atoms with Gasteiger partial charge in [0, 0.05) is 11.3 Å². The highest BCUT2D eigenvalue weighted by atomic mass is 16.2. The van der Waals surface area contributed by atoms with Gasteiger partial charge in [0.25, 0.3) is 5.91 Å². The highest BCUT2D eigenvalue weighted by molar-refractivity contribution is 5.94. The quantitative estimate of drug-likeness (QED) is 0.706. The predicted octanol–water partition coefficient (Wildman–Crippen LogP) is 4.36. The predicted molar refractivity (Wildman–Crippen MR) is 106 cm³/mol. The zero-order chi connectivity index (χ0) is 19.4. The van der Waals surface area contributed by atoms with Gasteiger partial charge in [-0.1, -0.05) is 61.9 Å². The van der Waals surface area contributed by atoms with Gasteiger partial charge in [0.15, 0.2) is 0 Å². The molecule has 140 valence electrons. The number of amides is 1. The zero-order valence-electron chi connectivity index (χ0n) is 16.2. The van der Waals surface area contributed by atoms with E-state index in [4.69, 9.17) is 0 Å². The summed E-state index contributed by atoms with van der Waals surface area (Å²) in [5.41, 5.74) is 4.01. The van der Waals surface area contributed by atoms with Gasteiger partial charge < -0.3 is 5.32 Å². The van der Waals surface area contributed by atoms with Gasteiger partial charge in [-0.05, 0) is 43.0 Å². The van der Waals surface area contributed by atoms with Crippen LogP contribution in [0.4, 0.5) is 5.69 Å². The first kappa shape index (κ1) is 18.8. The number of carbonyl (C=O) groups excluding carboxylic acids is 1. The van der Waals surface area contributed by atoms with E-state index in [0.717, 1.165) is 23.2 Å². The van der Waals surface area contributed by atoms with Gasteiger partial charge in [0.2, 0.25) is 5.82 Å². The standard InChI is InChI=1S/C21H25N5O/c1-5-15(3)18-8-6-7-9-19(18)22-21(27)16(4)26-24-20(23-25-26)17-12-10-14(2)11-13-17/h6-13,15-16H,5H2,1-4H3,(H,22,27)/t15-,16+/m0/s1. The molecule has 6 heteroatoms. The van der Waals surface area contributed by atoms with Crippen LogP contribution in [0.25, 0.3) is 11.4 Å². The number of anilines is 1. The molecule has 27 heavy (non-hydrogen) atoms. The van der Waals surface area contributed by atoms with E-state index in [9.17, 15) is 4.79 Å². The normalized spacial score (nSPS) is 13.2. The van der Waals surface area contributed by atoms with Crippen LogP contribution in [0.15, 0.2) is 48.5 Å². The molecule has 0 aliphatic heterocycles. The molecule has 0 spiro atoms. The fourth-order valence-electron chi connectivity index (χ4n) is 2.81. The Morgan fingerprint density at radius 1 is 1.11 bits per heavy atom. The molecule has 0 radical (unpaired) electrons. The molecule has 0 saturated heterocycles. The molecular weight excluding hydrogens is 338 g/mol. The van der Waals surface area contributed by atoms with Crippen LogP contribution in [0, 0.1) is 6.92 Å². The molecule has 0 unspecified atom stereocenters. The van der Waals surface area contributed by atoms with Crippen LogP contribution in [0.2, 0.25) is 0 Å². The van der Waals surface area contributed by atoms with Crippen LogP contribution < -0.4 is 5.32 Å². The maximum atomic E-state index is 12.7. The Bertz CT molecular complexity index is 916. The molecule has 1 amide bonds. The highest BCUT2D eigenvalue weighted by Crippen LogP contribution is 2.27. The van der Waals surface area contributed by atoms with Crippen molar-refractivity contribution < 1.29 is 4.79 Å². The number of aryl methyl sites for hydroxylation is 1. The van der Waals surface area contributed by atoms with Crippen molar-refractivity contribution in [2.45, 2.75) is 46.1 Å². The molecule has 2 atom stereocenters. The number of para-hydroxylation sites is 1. The molecule has 3 aromatic rings. The van der Waals surface area contributed by atoms with Gasteiger partial charge in [-0.2, -0.15) is 4.80 Å². The number of nitrogens with zero attached hydrogens (tertiary/aromatic N) is 4. The summed E-state index contributed by atoms with van der Waals surface area (Å²) in [5, 5.41) is 15.5. The Hall–Kier alpha value is -3.02. The Balaban J connectivity index is 1.76. The lowest BCUT2D eigenvalue weighted by Gasteiger charge is -2.17. The van der Waals surface area contributed by atoms with Crippen molar-refractivity contribution in [1.29, 1.82) is 0 Å². The smallest absolute Gasteiger partial charge is 0.250 e. The summed E-state index contributed by atoms with van der Waals surface area (Å²) in [6.45, 7) is 8.08. The van der Waals surface area contributed by atoms with Gasteiger partial charge in [0.05, 0.1) is 0 Å². The first-order chi connectivity index (χ1) is 13.0. The Labute approximate surface area is 159 Å². The van der Waals surface area contributed by atoms with Gasteiger partial charge in [0.1, 0.15) is 6.04 Å². The summed E-state index contributed by atoms with van der Waals surface area (Å²) in [5.74, 6) is 0.711. The minimum absolute atomic E-state index is 0.168. The zero-order valence-corrected chi connectivity index (χ0v) is 16.2. The summed E-state index contributed by atoms with van der Waals surface area (Å²) in [6, 6.07) is 15.2. The van der Waals surface area contributed by atoms with Crippen LogP contribution in [-0.4, -0.2) is 26.1 Å². The van der Waals surface area contributed by atoms with Crippen LogP contribution in [0.3, 0.4) is 0 Å². The lowest BCUT2D eigenvalue weighted by molar-refractivity contribution is -0.119. The van der Waals surface area contributed by atoms with Crippen molar-refractivity contribution in [3.63, 3.8) is 0 Å². The molecule has 0 saturated carbocycles. The second-order valence-corrected chi connectivity index (χ2v) is 6.86. The van der Waals surface area contributed by atoms with Gasteiger partial charge in [-0.15, -0.1) is 10.2 Å². The lowest BCUT2D eigenvalue weighted by atomic mass is 9.97. The average Bonchev–Trinajstić information content (AvgIpc) is 3.17. The maximum absolute atomic E-state index is 12.7. The number of benzene rings is 2. The van der Waals surface area contributed by atoms with E-state index >= 15 is 0 Å². The van der Waals surface area contributed by atoms with Crippen molar-refractivity contribution in [1.82, 2.24) is 20.2 Å². The minimum Gasteiger partial charge on any atom is -0.324 e. The molecule has 0 aliphatic carbocycles. The molecule has 1 aromatic heterocycles. The Kier molecular flexibility index (Phi) is 5.64. The van der Waals surface area contributed by atoms with Crippen molar-refractivity contribution in [2.75, 3.05) is 5.32 Å². The van der Waals surface area contributed by atoms with E-state index in [1.165, 1.54) is 10.4 Å². The van der Waals surface area contributed by atoms with Crippen LogP contribution in [0.1, 0.15) is 50.3 Å². The fraction of sp³-hybridized carbons (Fsp3) is 0.333. The van der Waals surface area contributed by atoms with E-state index in [1.807, 2.05) is 49.4 Å². The third-order valence-corrected chi connectivity index (χ3v) is 4.83.